The van der Waals surface area contributed by atoms with E-state index in [4.69, 9.17) is 5.73 Å². The molecule has 0 heterocycles. The van der Waals surface area contributed by atoms with Crippen LogP contribution in [0.2, 0.25) is 0 Å². The molecular weight excluding hydrogens is 365 g/mol. The van der Waals surface area contributed by atoms with E-state index in [-0.39, 0.29) is 5.82 Å². The van der Waals surface area contributed by atoms with Crippen LogP contribution < -0.4 is 5.73 Å². The van der Waals surface area contributed by atoms with Crippen LogP contribution in [0.1, 0.15) is 16.7 Å². The summed E-state index contributed by atoms with van der Waals surface area (Å²) in [5.74, 6) is 0.395. The van der Waals surface area contributed by atoms with E-state index in [0.717, 1.165) is 16.9 Å². The van der Waals surface area contributed by atoms with Crippen LogP contribution in [0, 0.1) is 5.82 Å². The molecule has 0 spiro atoms. The van der Waals surface area contributed by atoms with Crippen LogP contribution in [0.3, 0.4) is 0 Å². The minimum atomic E-state index is -0.327. The van der Waals surface area contributed by atoms with Gasteiger partial charge in [0, 0.05) is 16.6 Å². The highest BCUT2D eigenvalue weighted by atomic mass is 79.9. The molecule has 0 bridgehead atoms. The number of benzene rings is 2. The van der Waals surface area contributed by atoms with E-state index in [9.17, 15) is 4.39 Å². The van der Waals surface area contributed by atoms with Gasteiger partial charge in [-0.25, -0.2) is 4.39 Å². The van der Waals surface area contributed by atoms with Crippen LogP contribution in [0.4, 0.5) is 4.39 Å². The minimum Gasteiger partial charge on any atom is -0.377 e. The molecule has 6 heteroatoms. The molecule has 0 radical (unpaired) electrons. The van der Waals surface area contributed by atoms with Crippen LogP contribution in [-0.2, 0) is 11.1 Å². The monoisotopic (exact) mass is 379 g/mol. The average Bonchev–Trinajstić information content (AvgIpc) is 2.55. The summed E-state index contributed by atoms with van der Waals surface area (Å²) in [5, 5.41) is 8.66. The molecule has 0 saturated heterocycles. The highest BCUT2D eigenvalue weighted by Gasteiger charge is 2.00. The van der Waals surface area contributed by atoms with E-state index in [2.05, 4.69) is 26.1 Å². The van der Waals surface area contributed by atoms with Crippen molar-refractivity contribution in [2.75, 3.05) is 0 Å². The fourth-order valence-corrected chi connectivity index (χ4v) is 2.63. The lowest BCUT2D eigenvalue weighted by Gasteiger charge is -2.00. The Bertz CT molecular complexity index is 674. The third kappa shape index (κ3) is 5.27. The SMILES string of the molecule is NC(=NN=Cc1ccc(CBr)cc1F)SCc1ccccc1. The largest absolute Gasteiger partial charge is 0.377 e. The van der Waals surface area contributed by atoms with E-state index in [1.54, 1.807) is 6.07 Å². The van der Waals surface area contributed by atoms with Crippen molar-refractivity contribution in [3.05, 3.63) is 71.0 Å². The molecule has 2 N–H and O–H groups in total. The Morgan fingerprint density at radius 2 is 1.95 bits per heavy atom. The molecule has 0 fully saturated rings. The standard InChI is InChI=1S/C16H15BrFN3S/c17-9-13-6-7-14(15(18)8-13)10-20-21-16(19)22-11-12-4-2-1-3-5-12/h1-8,10H,9,11H2,(H2,19,21). The molecule has 0 aromatic heterocycles. The Morgan fingerprint density at radius 3 is 2.64 bits per heavy atom. The third-order valence-corrected chi connectivity index (χ3v) is 4.30. The molecule has 0 atom stereocenters. The number of alkyl halides is 1. The van der Waals surface area contributed by atoms with Crippen molar-refractivity contribution in [3.8, 4) is 0 Å². The van der Waals surface area contributed by atoms with Gasteiger partial charge < -0.3 is 5.73 Å². The molecule has 2 aromatic rings. The van der Waals surface area contributed by atoms with Crippen molar-refractivity contribution in [2.45, 2.75) is 11.1 Å². The molecule has 2 rings (SSSR count). The Balaban J connectivity index is 1.92. The van der Waals surface area contributed by atoms with Crippen LogP contribution >= 0.6 is 27.7 Å². The number of amidine groups is 1. The van der Waals surface area contributed by atoms with E-state index in [1.807, 2.05) is 36.4 Å². The highest BCUT2D eigenvalue weighted by molar-refractivity contribution is 9.08. The maximum atomic E-state index is 13.7. The fourth-order valence-electron chi connectivity index (χ4n) is 1.67. The van der Waals surface area contributed by atoms with Crippen molar-refractivity contribution in [2.24, 2.45) is 15.9 Å². The Labute approximate surface area is 141 Å². The summed E-state index contributed by atoms with van der Waals surface area (Å²) in [5.41, 5.74) is 8.18. The Kier molecular flexibility index (Phi) is 6.61. The molecule has 3 nitrogen and oxygen atoms in total. The van der Waals surface area contributed by atoms with Crippen LogP contribution in [0.5, 0.6) is 0 Å². The molecule has 0 amide bonds. The maximum Gasteiger partial charge on any atom is 0.180 e. The summed E-state index contributed by atoms with van der Waals surface area (Å²) in [6.07, 6.45) is 1.36. The molecule has 0 aliphatic carbocycles. The van der Waals surface area contributed by atoms with Gasteiger partial charge in [0.1, 0.15) is 5.82 Å². The first kappa shape index (κ1) is 16.7. The van der Waals surface area contributed by atoms with Gasteiger partial charge in [0.05, 0.1) is 6.21 Å². The first-order valence-electron chi connectivity index (χ1n) is 6.56. The Hall–Kier alpha value is -1.66. The van der Waals surface area contributed by atoms with E-state index in [0.29, 0.717) is 16.1 Å². The smallest absolute Gasteiger partial charge is 0.180 e. The van der Waals surface area contributed by atoms with Crippen LogP contribution in [0.15, 0.2) is 58.7 Å². The van der Waals surface area contributed by atoms with Gasteiger partial charge in [-0.15, -0.1) is 5.10 Å². The van der Waals surface area contributed by atoms with Crippen molar-refractivity contribution >= 4 is 39.1 Å². The predicted octanol–water partition coefficient (Wildman–Crippen LogP) is 4.30. The second-order valence-corrected chi connectivity index (χ2v) is 6.00. The summed E-state index contributed by atoms with van der Waals surface area (Å²) in [7, 11) is 0. The van der Waals surface area contributed by atoms with Crippen molar-refractivity contribution in [3.63, 3.8) is 0 Å². The summed E-state index contributed by atoms with van der Waals surface area (Å²) in [4.78, 5) is 0. The van der Waals surface area contributed by atoms with Crippen molar-refractivity contribution in [1.82, 2.24) is 0 Å². The molecule has 0 aliphatic heterocycles. The summed E-state index contributed by atoms with van der Waals surface area (Å²) >= 11 is 4.67. The van der Waals surface area contributed by atoms with Crippen molar-refractivity contribution in [1.29, 1.82) is 0 Å². The molecule has 2 aromatic carbocycles. The number of thioether (sulfide) groups is 1. The second-order valence-electron chi connectivity index (χ2n) is 4.45. The summed E-state index contributed by atoms with van der Waals surface area (Å²) in [6.45, 7) is 0. The number of nitrogens with two attached hydrogens (primary N) is 1. The van der Waals surface area contributed by atoms with Gasteiger partial charge in [-0.2, -0.15) is 5.10 Å². The van der Waals surface area contributed by atoms with Gasteiger partial charge in [0.15, 0.2) is 5.17 Å². The number of hydrogen-bond acceptors (Lipinski definition) is 3. The van der Waals surface area contributed by atoms with E-state index < -0.39 is 0 Å². The lowest BCUT2D eigenvalue weighted by atomic mass is 10.1. The Morgan fingerprint density at radius 1 is 1.18 bits per heavy atom. The molecule has 22 heavy (non-hydrogen) atoms. The third-order valence-electron chi connectivity index (χ3n) is 2.80. The predicted molar refractivity (Wildman–Crippen MR) is 96.0 cm³/mol. The first-order valence-corrected chi connectivity index (χ1v) is 8.67. The van der Waals surface area contributed by atoms with Gasteiger partial charge in [-0.1, -0.05) is 70.2 Å². The van der Waals surface area contributed by atoms with Gasteiger partial charge in [-0.05, 0) is 17.2 Å². The number of halogens is 2. The molecule has 114 valence electrons. The van der Waals surface area contributed by atoms with Crippen molar-refractivity contribution < 1.29 is 4.39 Å². The summed E-state index contributed by atoms with van der Waals surface area (Å²) < 4.78 is 13.7. The minimum absolute atomic E-state index is 0.327. The second kappa shape index (κ2) is 8.70. The zero-order valence-electron chi connectivity index (χ0n) is 11.7. The normalized spacial score (nSPS) is 12.0. The lowest BCUT2D eigenvalue weighted by Crippen LogP contribution is -2.06. The quantitative estimate of drug-likeness (QED) is 0.364. The topological polar surface area (TPSA) is 50.7 Å². The van der Waals surface area contributed by atoms with Gasteiger partial charge >= 0.3 is 0 Å². The number of nitrogens with zero attached hydrogens (tertiary/aromatic N) is 2. The summed E-state index contributed by atoms with van der Waals surface area (Å²) in [6, 6.07) is 14.9. The lowest BCUT2D eigenvalue weighted by molar-refractivity contribution is 0.624. The molecule has 0 aliphatic rings. The molecular formula is C16H15BrFN3S. The fraction of sp³-hybridized carbons (Fsp3) is 0.125. The first-order chi connectivity index (χ1) is 10.7. The van der Waals surface area contributed by atoms with Crippen LogP contribution in [0.25, 0.3) is 0 Å². The average molecular weight is 380 g/mol. The van der Waals surface area contributed by atoms with E-state index in [1.165, 1.54) is 24.0 Å². The van der Waals surface area contributed by atoms with Crippen LogP contribution in [-0.4, -0.2) is 11.4 Å². The van der Waals surface area contributed by atoms with Gasteiger partial charge in [-0.3, -0.25) is 0 Å². The molecule has 0 unspecified atom stereocenters. The number of rotatable bonds is 5. The van der Waals surface area contributed by atoms with Gasteiger partial charge in [0.2, 0.25) is 0 Å². The van der Waals surface area contributed by atoms with E-state index >= 15 is 0 Å². The zero-order chi connectivity index (χ0) is 15.8. The highest BCUT2D eigenvalue weighted by Crippen LogP contribution is 2.13. The number of hydrogen-bond donors (Lipinski definition) is 1. The zero-order valence-corrected chi connectivity index (χ0v) is 14.1. The van der Waals surface area contributed by atoms with Gasteiger partial charge in [0.25, 0.3) is 0 Å². The maximum absolute atomic E-state index is 13.7. The molecule has 0 saturated carbocycles.